The molecule has 15 heavy (non-hydrogen) atoms. The lowest BCUT2D eigenvalue weighted by Gasteiger charge is -2.11. The fourth-order valence-corrected chi connectivity index (χ4v) is 1.29. The molecule has 0 radical (unpaired) electrons. The van der Waals surface area contributed by atoms with Crippen molar-refractivity contribution in [3.8, 4) is 0 Å². The van der Waals surface area contributed by atoms with Crippen LogP contribution >= 0.6 is 0 Å². The maximum absolute atomic E-state index is 10.7. The van der Waals surface area contributed by atoms with Gasteiger partial charge in [-0.2, -0.15) is 0 Å². The van der Waals surface area contributed by atoms with Crippen molar-refractivity contribution < 1.29 is 14.3 Å². The van der Waals surface area contributed by atoms with Gasteiger partial charge in [0, 0.05) is 14.2 Å². The maximum Gasteiger partial charge on any atom is 0.172 e. The van der Waals surface area contributed by atoms with Gasteiger partial charge < -0.3 is 9.47 Å². The van der Waals surface area contributed by atoms with Gasteiger partial charge in [-0.15, -0.1) is 5.10 Å². The monoisotopic (exact) mass is 213 g/mol. The smallest absolute Gasteiger partial charge is 0.172 e. The molecule has 0 saturated heterocycles. The van der Waals surface area contributed by atoms with Crippen LogP contribution in [0.3, 0.4) is 0 Å². The maximum atomic E-state index is 10.7. The standard InChI is InChI=1S/C9H15N3O3/c1-7(15-3)9-8(6-13)10-11-12(9)4-5-14-2/h6-7H,4-5H2,1-3H3. The van der Waals surface area contributed by atoms with E-state index in [1.807, 2.05) is 6.92 Å². The molecule has 6 heteroatoms. The third-order valence-electron chi connectivity index (χ3n) is 2.16. The average Bonchev–Trinajstić information content (AvgIpc) is 2.68. The SMILES string of the molecule is COCCn1nnc(C=O)c1C(C)OC. The first-order valence-electron chi connectivity index (χ1n) is 4.64. The van der Waals surface area contributed by atoms with E-state index in [9.17, 15) is 4.79 Å². The van der Waals surface area contributed by atoms with Crippen LogP contribution in [0.4, 0.5) is 0 Å². The Labute approximate surface area is 88.2 Å². The molecule has 1 aromatic heterocycles. The van der Waals surface area contributed by atoms with Gasteiger partial charge in [-0.1, -0.05) is 5.21 Å². The largest absolute Gasteiger partial charge is 0.383 e. The van der Waals surface area contributed by atoms with E-state index < -0.39 is 0 Å². The molecule has 0 aromatic carbocycles. The summed E-state index contributed by atoms with van der Waals surface area (Å²) >= 11 is 0. The van der Waals surface area contributed by atoms with E-state index in [2.05, 4.69) is 10.3 Å². The van der Waals surface area contributed by atoms with E-state index in [-0.39, 0.29) is 6.10 Å². The van der Waals surface area contributed by atoms with E-state index in [4.69, 9.17) is 9.47 Å². The third-order valence-corrected chi connectivity index (χ3v) is 2.16. The second-order valence-corrected chi connectivity index (χ2v) is 3.07. The van der Waals surface area contributed by atoms with E-state index in [1.54, 1.807) is 18.9 Å². The summed E-state index contributed by atoms with van der Waals surface area (Å²) in [5.74, 6) is 0. The van der Waals surface area contributed by atoms with Gasteiger partial charge >= 0.3 is 0 Å². The van der Waals surface area contributed by atoms with Crippen molar-refractivity contribution in [1.29, 1.82) is 0 Å². The molecule has 1 unspecified atom stereocenters. The lowest BCUT2D eigenvalue weighted by Crippen LogP contribution is -2.13. The van der Waals surface area contributed by atoms with Crippen LogP contribution in [0.25, 0.3) is 0 Å². The van der Waals surface area contributed by atoms with Gasteiger partial charge in [0.05, 0.1) is 24.9 Å². The predicted molar refractivity (Wildman–Crippen MR) is 52.7 cm³/mol. The van der Waals surface area contributed by atoms with Crippen LogP contribution in [-0.4, -0.2) is 42.1 Å². The summed E-state index contributed by atoms with van der Waals surface area (Å²) in [4.78, 5) is 10.7. The summed E-state index contributed by atoms with van der Waals surface area (Å²) in [7, 11) is 3.18. The fraction of sp³-hybridized carbons (Fsp3) is 0.667. The molecule has 0 aliphatic heterocycles. The summed E-state index contributed by atoms with van der Waals surface area (Å²) < 4.78 is 11.7. The number of methoxy groups -OCH3 is 2. The number of rotatable bonds is 6. The van der Waals surface area contributed by atoms with Crippen molar-refractivity contribution in [3.05, 3.63) is 11.4 Å². The quantitative estimate of drug-likeness (QED) is 0.642. The second-order valence-electron chi connectivity index (χ2n) is 3.07. The Morgan fingerprint density at radius 2 is 2.27 bits per heavy atom. The Balaban J connectivity index is 2.94. The highest BCUT2D eigenvalue weighted by atomic mass is 16.5. The van der Waals surface area contributed by atoms with Crippen LogP contribution in [0.15, 0.2) is 0 Å². The number of ether oxygens (including phenoxy) is 2. The molecule has 0 fully saturated rings. The number of carbonyl (C=O) groups excluding carboxylic acids is 1. The Hall–Kier alpha value is -1.27. The number of hydrogen-bond acceptors (Lipinski definition) is 5. The Kier molecular flexibility index (Phi) is 4.38. The summed E-state index contributed by atoms with van der Waals surface area (Å²) in [6.07, 6.45) is 0.471. The zero-order valence-electron chi connectivity index (χ0n) is 9.14. The Bertz CT molecular complexity index is 324. The zero-order valence-corrected chi connectivity index (χ0v) is 9.14. The van der Waals surface area contributed by atoms with Crippen LogP contribution < -0.4 is 0 Å². The first-order chi connectivity index (χ1) is 7.24. The number of hydrogen-bond donors (Lipinski definition) is 0. The van der Waals surface area contributed by atoms with E-state index in [0.717, 1.165) is 0 Å². The van der Waals surface area contributed by atoms with Crippen LogP contribution in [0, 0.1) is 0 Å². The first-order valence-corrected chi connectivity index (χ1v) is 4.64. The number of nitrogens with zero attached hydrogens (tertiary/aromatic N) is 3. The van der Waals surface area contributed by atoms with Crippen LogP contribution in [0.1, 0.15) is 29.2 Å². The van der Waals surface area contributed by atoms with Crippen molar-refractivity contribution in [2.75, 3.05) is 20.8 Å². The van der Waals surface area contributed by atoms with Crippen molar-refractivity contribution >= 4 is 6.29 Å². The minimum Gasteiger partial charge on any atom is -0.383 e. The molecule has 0 bridgehead atoms. The van der Waals surface area contributed by atoms with E-state index in [0.29, 0.717) is 30.8 Å². The molecular formula is C9H15N3O3. The average molecular weight is 213 g/mol. The van der Waals surface area contributed by atoms with Gasteiger partial charge in [0.2, 0.25) is 0 Å². The summed E-state index contributed by atoms with van der Waals surface area (Å²) in [6, 6.07) is 0. The molecule has 0 N–H and O–H groups in total. The van der Waals surface area contributed by atoms with Crippen molar-refractivity contribution in [2.45, 2.75) is 19.6 Å². The number of aromatic nitrogens is 3. The van der Waals surface area contributed by atoms with Crippen LogP contribution in [-0.2, 0) is 16.0 Å². The molecule has 1 heterocycles. The second kappa shape index (κ2) is 5.57. The van der Waals surface area contributed by atoms with E-state index >= 15 is 0 Å². The molecule has 0 aliphatic rings. The van der Waals surface area contributed by atoms with E-state index in [1.165, 1.54) is 0 Å². The molecule has 0 saturated carbocycles. The lowest BCUT2D eigenvalue weighted by atomic mass is 10.2. The summed E-state index contributed by atoms with van der Waals surface area (Å²) in [5, 5.41) is 7.63. The van der Waals surface area contributed by atoms with Gasteiger partial charge in [0.25, 0.3) is 0 Å². The Morgan fingerprint density at radius 3 is 2.80 bits per heavy atom. The summed E-state index contributed by atoms with van der Waals surface area (Å²) in [5.41, 5.74) is 1.00. The molecule has 0 amide bonds. The predicted octanol–water partition coefficient (Wildman–Crippen LogP) is 0.444. The van der Waals surface area contributed by atoms with Crippen LogP contribution in [0.2, 0.25) is 0 Å². The van der Waals surface area contributed by atoms with Crippen LogP contribution in [0.5, 0.6) is 0 Å². The molecule has 1 rings (SSSR count). The molecule has 0 aliphatic carbocycles. The number of carbonyl (C=O) groups is 1. The molecular weight excluding hydrogens is 198 g/mol. The van der Waals surface area contributed by atoms with Gasteiger partial charge in [0.1, 0.15) is 0 Å². The molecule has 6 nitrogen and oxygen atoms in total. The zero-order chi connectivity index (χ0) is 11.3. The van der Waals surface area contributed by atoms with Crippen molar-refractivity contribution in [2.24, 2.45) is 0 Å². The van der Waals surface area contributed by atoms with Gasteiger partial charge in [-0.25, -0.2) is 4.68 Å². The molecule has 1 atom stereocenters. The molecule has 1 aromatic rings. The Morgan fingerprint density at radius 1 is 1.53 bits per heavy atom. The minimum absolute atomic E-state index is 0.211. The summed E-state index contributed by atoms with van der Waals surface area (Å²) in [6.45, 7) is 2.92. The van der Waals surface area contributed by atoms with Crippen molar-refractivity contribution in [1.82, 2.24) is 15.0 Å². The van der Waals surface area contributed by atoms with Gasteiger partial charge in [0.15, 0.2) is 12.0 Å². The topological polar surface area (TPSA) is 66.2 Å². The minimum atomic E-state index is -0.211. The normalized spacial score (nSPS) is 12.7. The molecule has 0 spiro atoms. The molecule has 84 valence electrons. The fourth-order valence-electron chi connectivity index (χ4n) is 1.29. The van der Waals surface area contributed by atoms with Gasteiger partial charge in [-0.05, 0) is 6.92 Å². The highest BCUT2D eigenvalue weighted by Crippen LogP contribution is 2.17. The van der Waals surface area contributed by atoms with Crippen molar-refractivity contribution in [3.63, 3.8) is 0 Å². The lowest BCUT2D eigenvalue weighted by molar-refractivity contribution is 0.103. The third kappa shape index (κ3) is 2.60. The van der Waals surface area contributed by atoms with Gasteiger partial charge in [-0.3, -0.25) is 4.79 Å². The highest BCUT2D eigenvalue weighted by molar-refractivity contribution is 5.73. The first kappa shape index (κ1) is 11.8. The number of aldehydes is 1. The highest BCUT2D eigenvalue weighted by Gasteiger charge is 2.17.